The molecule has 2 aromatic carbocycles. The average molecular weight is 343 g/mol. The Bertz CT molecular complexity index is 764. The van der Waals surface area contributed by atoms with Crippen LogP contribution in [0.2, 0.25) is 0 Å². The van der Waals surface area contributed by atoms with Crippen molar-refractivity contribution in [1.29, 1.82) is 0 Å². The van der Waals surface area contributed by atoms with Gasteiger partial charge in [0.2, 0.25) is 12.1 Å². The summed E-state index contributed by atoms with van der Waals surface area (Å²) >= 11 is 0. The summed E-state index contributed by atoms with van der Waals surface area (Å²) in [5, 5.41) is 21.2. The topological polar surface area (TPSA) is 63.4 Å². The fraction of sp³-hybridized carbons (Fsp3) is 0.250. The highest BCUT2D eigenvalue weighted by molar-refractivity contribution is 5.34. The highest BCUT2D eigenvalue weighted by Gasteiger charge is 2.59. The number of rotatable bonds is 5. The zero-order valence-corrected chi connectivity index (χ0v) is 12.5. The van der Waals surface area contributed by atoms with Gasteiger partial charge in [-0.3, -0.25) is 10.1 Å². The van der Waals surface area contributed by atoms with Crippen LogP contribution in [0.5, 0.6) is 0 Å². The fourth-order valence-corrected chi connectivity index (χ4v) is 2.37. The molecule has 0 amide bonds. The van der Waals surface area contributed by atoms with Crippen molar-refractivity contribution in [3.05, 3.63) is 80.9 Å². The summed E-state index contributed by atoms with van der Waals surface area (Å²) in [4.78, 5) is 9.64. The standard InChI is InChI=1S/C16H13F4NO3/c1-10-2-4-11(5-3-10)16(19,20)15(22,9-21(23)24)13-7-6-12(17)8-14(13)18/h2-8,22H,9H2,1H3/t15-/m0/s1. The number of hydrogen-bond donors (Lipinski definition) is 1. The van der Waals surface area contributed by atoms with Gasteiger partial charge in [0, 0.05) is 22.1 Å². The third kappa shape index (κ3) is 3.09. The number of alkyl halides is 2. The predicted octanol–water partition coefficient (Wildman–Crippen LogP) is 3.53. The van der Waals surface area contributed by atoms with Crippen molar-refractivity contribution in [3.63, 3.8) is 0 Å². The van der Waals surface area contributed by atoms with E-state index in [0.717, 1.165) is 12.1 Å². The van der Waals surface area contributed by atoms with Crippen molar-refractivity contribution in [2.45, 2.75) is 18.4 Å². The van der Waals surface area contributed by atoms with Crippen LogP contribution in [0, 0.1) is 28.7 Å². The van der Waals surface area contributed by atoms with Gasteiger partial charge in [-0.15, -0.1) is 0 Å². The maximum Gasteiger partial charge on any atom is 0.312 e. The molecule has 0 aliphatic heterocycles. The first-order valence-electron chi connectivity index (χ1n) is 6.82. The summed E-state index contributed by atoms with van der Waals surface area (Å²) in [6.45, 7) is -0.0127. The van der Waals surface area contributed by atoms with Gasteiger partial charge >= 0.3 is 5.92 Å². The third-order valence-electron chi connectivity index (χ3n) is 3.67. The van der Waals surface area contributed by atoms with Gasteiger partial charge in [-0.25, -0.2) is 8.78 Å². The van der Waals surface area contributed by atoms with Crippen molar-refractivity contribution >= 4 is 0 Å². The molecule has 1 N–H and O–H groups in total. The molecule has 2 aromatic rings. The molecule has 128 valence electrons. The van der Waals surface area contributed by atoms with Gasteiger partial charge < -0.3 is 5.11 Å². The molecule has 0 unspecified atom stereocenters. The van der Waals surface area contributed by atoms with Gasteiger partial charge in [0.25, 0.3) is 0 Å². The van der Waals surface area contributed by atoms with Gasteiger partial charge in [0.1, 0.15) is 11.6 Å². The minimum Gasteiger partial charge on any atom is -0.373 e. The molecule has 0 radical (unpaired) electrons. The lowest BCUT2D eigenvalue weighted by Gasteiger charge is -2.33. The molecule has 0 heterocycles. The summed E-state index contributed by atoms with van der Waals surface area (Å²) in [7, 11) is 0. The summed E-state index contributed by atoms with van der Waals surface area (Å²) in [6.07, 6.45) is 0. The van der Waals surface area contributed by atoms with Crippen LogP contribution in [-0.2, 0) is 11.5 Å². The van der Waals surface area contributed by atoms with E-state index in [1.54, 1.807) is 6.92 Å². The Kier molecular flexibility index (Phi) is 4.61. The minimum absolute atomic E-state index is 0.283. The molecule has 24 heavy (non-hydrogen) atoms. The molecule has 0 spiro atoms. The van der Waals surface area contributed by atoms with E-state index in [9.17, 15) is 32.8 Å². The van der Waals surface area contributed by atoms with Crippen LogP contribution in [0.15, 0.2) is 42.5 Å². The second-order valence-corrected chi connectivity index (χ2v) is 5.42. The Morgan fingerprint density at radius 1 is 1.12 bits per heavy atom. The molecule has 0 saturated carbocycles. The largest absolute Gasteiger partial charge is 0.373 e. The minimum atomic E-state index is -4.19. The molecule has 2 rings (SSSR count). The molecule has 0 bridgehead atoms. The van der Waals surface area contributed by atoms with Crippen molar-refractivity contribution < 1.29 is 27.6 Å². The van der Waals surface area contributed by atoms with Gasteiger partial charge in [0.05, 0.1) is 0 Å². The summed E-state index contributed by atoms with van der Waals surface area (Å²) in [6, 6.07) is 6.15. The normalized spacial score (nSPS) is 14.2. The van der Waals surface area contributed by atoms with Crippen LogP contribution in [0.25, 0.3) is 0 Å². The number of nitrogens with zero attached hydrogens (tertiary/aromatic N) is 1. The second kappa shape index (κ2) is 6.20. The van der Waals surface area contributed by atoms with E-state index < -0.39 is 45.8 Å². The van der Waals surface area contributed by atoms with Gasteiger partial charge in [0.15, 0.2) is 0 Å². The molecule has 1 atom stereocenters. The molecular formula is C16H13F4NO3. The van der Waals surface area contributed by atoms with E-state index >= 15 is 0 Å². The lowest BCUT2D eigenvalue weighted by atomic mass is 9.83. The van der Waals surface area contributed by atoms with E-state index in [4.69, 9.17) is 0 Å². The number of aliphatic hydroxyl groups is 1. The van der Waals surface area contributed by atoms with Crippen LogP contribution in [0.4, 0.5) is 17.6 Å². The zero-order valence-electron chi connectivity index (χ0n) is 12.5. The molecule has 0 fully saturated rings. The molecule has 0 aromatic heterocycles. The maximum atomic E-state index is 14.8. The first-order chi connectivity index (χ1) is 11.1. The van der Waals surface area contributed by atoms with Gasteiger partial charge in [-0.05, 0) is 19.1 Å². The molecule has 8 heteroatoms. The number of halogens is 4. The fourth-order valence-electron chi connectivity index (χ4n) is 2.37. The monoisotopic (exact) mass is 343 g/mol. The van der Waals surface area contributed by atoms with Gasteiger partial charge in [-0.1, -0.05) is 29.8 Å². The van der Waals surface area contributed by atoms with Crippen LogP contribution in [0.1, 0.15) is 16.7 Å². The lowest BCUT2D eigenvalue weighted by molar-refractivity contribution is -0.514. The molecule has 4 nitrogen and oxygen atoms in total. The zero-order chi connectivity index (χ0) is 18.1. The van der Waals surface area contributed by atoms with Gasteiger partial charge in [-0.2, -0.15) is 8.78 Å². The van der Waals surface area contributed by atoms with Crippen molar-refractivity contribution in [3.8, 4) is 0 Å². The Balaban J connectivity index is 2.66. The number of benzene rings is 2. The Labute approximate surface area is 134 Å². The quantitative estimate of drug-likeness (QED) is 0.513. The molecular weight excluding hydrogens is 330 g/mol. The first kappa shape index (κ1) is 17.9. The predicted molar refractivity (Wildman–Crippen MR) is 77.2 cm³/mol. The Morgan fingerprint density at radius 3 is 2.21 bits per heavy atom. The first-order valence-corrected chi connectivity index (χ1v) is 6.82. The van der Waals surface area contributed by atoms with Crippen LogP contribution < -0.4 is 0 Å². The lowest BCUT2D eigenvalue weighted by Crippen LogP contribution is -2.49. The van der Waals surface area contributed by atoms with Crippen molar-refractivity contribution in [2.24, 2.45) is 0 Å². The highest BCUT2D eigenvalue weighted by Crippen LogP contribution is 2.46. The number of aryl methyl sites for hydroxylation is 1. The van der Waals surface area contributed by atoms with Crippen LogP contribution in [-0.4, -0.2) is 16.6 Å². The van der Waals surface area contributed by atoms with Crippen molar-refractivity contribution in [2.75, 3.05) is 6.54 Å². The number of hydrogen-bond acceptors (Lipinski definition) is 3. The summed E-state index contributed by atoms with van der Waals surface area (Å²) < 4.78 is 56.7. The summed E-state index contributed by atoms with van der Waals surface area (Å²) in [5.41, 5.74) is -4.60. The molecule has 0 aliphatic rings. The Morgan fingerprint density at radius 2 is 1.71 bits per heavy atom. The van der Waals surface area contributed by atoms with Crippen LogP contribution in [0.3, 0.4) is 0 Å². The molecule has 0 aliphatic carbocycles. The number of nitro groups is 1. The van der Waals surface area contributed by atoms with E-state index in [-0.39, 0.29) is 6.07 Å². The van der Waals surface area contributed by atoms with E-state index in [1.807, 2.05) is 0 Å². The SMILES string of the molecule is Cc1ccc(C(F)(F)[C@](O)(C[N+](=O)[O-])c2ccc(F)cc2F)cc1. The highest BCUT2D eigenvalue weighted by atomic mass is 19.3. The third-order valence-corrected chi connectivity index (χ3v) is 3.67. The smallest absolute Gasteiger partial charge is 0.312 e. The van der Waals surface area contributed by atoms with E-state index in [0.29, 0.717) is 17.7 Å². The molecule has 0 saturated heterocycles. The second-order valence-electron chi connectivity index (χ2n) is 5.42. The van der Waals surface area contributed by atoms with Crippen LogP contribution >= 0.6 is 0 Å². The van der Waals surface area contributed by atoms with Crippen molar-refractivity contribution in [1.82, 2.24) is 0 Å². The maximum absolute atomic E-state index is 14.8. The average Bonchev–Trinajstić information content (AvgIpc) is 2.46. The Hall–Kier alpha value is -2.48. The van der Waals surface area contributed by atoms with E-state index in [1.165, 1.54) is 12.1 Å². The summed E-state index contributed by atoms with van der Waals surface area (Å²) in [5.74, 6) is -6.74. The van der Waals surface area contributed by atoms with E-state index in [2.05, 4.69) is 0 Å².